The topological polar surface area (TPSA) is 73.6 Å². The van der Waals surface area contributed by atoms with E-state index in [9.17, 15) is 9.90 Å². The maximum Gasteiger partial charge on any atom is 0.332 e. The Morgan fingerprint density at radius 2 is 1.82 bits per heavy atom. The Kier molecular flexibility index (Phi) is 9.53. The SMILES string of the molecule is CC(C)(C)OC(=O)COC[C@H]1CC[C@H](Cn2nc(-c3ccccc3)c(Br)c2CCCO)CC1. The highest BCUT2D eigenvalue weighted by atomic mass is 79.9. The summed E-state index contributed by atoms with van der Waals surface area (Å²) in [4.78, 5) is 11.8. The highest BCUT2D eigenvalue weighted by Gasteiger charge is 2.25. The van der Waals surface area contributed by atoms with E-state index in [2.05, 4.69) is 32.7 Å². The molecule has 1 saturated carbocycles. The van der Waals surface area contributed by atoms with Crippen LogP contribution in [0.3, 0.4) is 0 Å². The summed E-state index contributed by atoms with van der Waals surface area (Å²) in [5, 5.41) is 14.3. The molecular formula is C26H37BrN2O4. The summed E-state index contributed by atoms with van der Waals surface area (Å²) < 4.78 is 14.1. The van der Waals surface area contributed by atoms with Crippen LogP contribution in [0.15, 0.2) is 34.8 Å². The Morgan fingerprint density at radius 3 is 2.45 bits per heavy atom. The van der Waals surface area contributed by atoms with E-state index in [0.29, 0.717) is 18.4 Å². The van der Waals surface area contributed by atoms with E-state index in [1.807, 2.05) is 39.0 Å². The average Bonchev–Trinajstić information content (AvgIpc) is 3.08. The molecule has 0 amide bonds. The third-order valence-electron chi connectivity index (χ3n) is 6.00. The number of aliphatic hydroxyl groups excluding tert-OH is 1. The number of ether oxygens (including phenoxy) is 2. The summed E-state index contributed by atoms with van der Waals surface area (Å²) in [6.07, 6.45) is 5.96. The second-order valence-electron chi connectivity index (χ2n) is 9.97. The van der Waals surface area contributed by atoms with Gasteiger partial charge in [0.25, 0.3) is 0 Å². The quantitative estimate of drug-likeness (QED) is 0.424. The maximum absolute atomic E-state index is 11.8. The Balaban J connectivity index is 1.54. The molecule has 0 spiro atoms. The number of aliphatic hydroxyl groups is 1. The molecule has 182 valence electrons. The fourth-order valence-electron chi connectivity index (χ4n) is 4.40. The largest absolute Gasteiger partial charge is 0.458 e. The number of rotatable bonds is 10. The minimum Gasteiger partial charge on any atom is -0.458 e. The highest BCUT2D eigenvalue weighted by molar-refractivity contribution is 9.10. The molecule has 1 N–H and O–H groups in total. The van der Waals surface area contributed by atoms with Crippen LogP contribution in [-0.2, 0) is 27.2 Å². The molecule has 1 aliphatic carbocycles. The number of esters is 1. The van der Waals surface area contributed by atoms with Crippen LogP contribution in [0.1, 0.15) is 58.6 Å². The fraction of sp³-hybridized carbons (Fsp3) is 0.615. The van der Waals surface area contributed by atoms with E-state index < -0.39 is 5.60 Å². The molecule has 0 radical (unpaired) electrons. The van der Waals surface area contributed by atoms with E-state index in [-0.39, 0.29) is 19.2 Å². The molecule has 6 nitrogen and oxygen atoms in total. The Labute approximate surface area is 205 Å². The predicted octanol–water partition coefficient (Wildman–Crippen LogP) is 5.40. The lowest BCUT2D eigenvalue weighted by Crippen LogP contribution is -2.28. The standard InChI is InChI=1S/C26H37BrN2O4/c1-26(2,3)33-23(31)18-32-17-20-13-11-19(12-14-20)16-29-22(10-7-15-30)24(27)25(28-29)21-8-5-4-6-9-21/h4-6,8-9,19-20,30H,7,10-18H2,1-3H3/t19-,20-. The number of carbonyl (C=O) groups is 1. The van der Waals surface area contributed by atoms with Gasteiger partial charge in [-0.3, -0.25) is 4.68 Å². The van der Waals surface area contributed by atoms with Gasteiger partial charge in [-0.2, -0.15) is 5.10 Å². The summed E-state index contributed by atoms with van der Waals surface area (Å²) in [7, 11) is 0. The van der Waals surface area contributed by atoms with Crippen molar-refractivity contribution in [1.82, 2.24) is 9.78 Å². The molecular weight excluding hydrogens is 484 g/mol. The van der Waals surface area contributed by atoms with Crippen LogP contribution in [0.5, 0.6) is 0 Å². The van der Waals surface area contributed by atoms with Crippen LogP contribution >= 0.6 is 15.9 Å². The van der Waals surface area contributed by atoms with Crippen LogP contribution in [0.25, 0.3) is 11.3 Å². The number of carbonyl (C=O) groups excluding carboxylic acids is 1. The van der Waals surface area contributed by atoms with Crippen LogP contribution in [0, 0.1) is 11.8 Å². The van der Waals surface area contributed by atoms with E-state index in [4.69, 9.17) is 14.6 Å². The van der Waals surface area contributed by atoms with Gasteiger partial charge in [0.05, 0.1) is 16.8 Å². The number of halogens is 1. The highest BCUT2D eigenvalue weighted by Crippen LogP contribution is 2.34. The molecule has 33 heavy (non-hydrogen) atoms. The van der Waals surface area contributed by atoms with Gasteiger partial charge in [-0.05, 0) is 87.1 Å². The number of hydrogen-bond acceptors (Lipinski definition) is 5. The summed E-state index contributed by atoms with van der Waals surface area (Å²) in [5.41, 5.74) is 2.74. The Hall–Kier alpha value is -1.70. The van der Waals surface area contributed by atoms with Crippen LogP contribution in [0.4, 0.5) is 0 Å². The van der Waals surface area contributed by atoms with Crippen molar-refractivity contribution in [3.63, 3.8) is 0 Å². The van der Waals surface area contributed by atoms with Gasteiger partial charge >= 0.3 is 5.97 Å². The summed E-state index contributed by atoms with van der Waals surface area (Å²) >= 11 is 3.78. The van der Waals surface area contributed by atoms with Crippen molar-refractivity contribution in [1.29, 1.82) is 0 Å². The molecule has 1 aromatic heterocycles. The molecule has 2 aromatic rings. The first-order chi connectivity index (χ1) is 15.8. The lowest BCUT2D eigenvalue weighted by atomic mass is 9.82. The minimum absolute atomic E-state index is 0.0228. The van der Waals surface area contributed by atoms with Gasteiger partial charge in [0.15, 0.2) is 0 Å². The van der Waals surface area contributed by atoms with Crippen molar-refractivity contribution < 1.29 is 19.4 Å². The van der Waals surface area contributed by atoms with Crippen molar-refractivity contribution in [3.05, 3.63) is 40.5 Å². The van der Waals surface area contributed by atoms with Crippen LogP contribution in [0.2, 0.25) is 0 Å². The second-order valence-corrected chi connectivity index (χ2v) is 10.8. The number of benzene rings is 1. The van der Waals surface area contributed by atoms with Gasteiger partial charge in [-0.25, -0.2) is 4.79 Å². The molecule has 1 aromatic carbocycles. The lowest BCUT2D eigenvalue weighted by Gasteiger charge is -2.28. The molecule has 3 rings (SSSR count). The van der Waals surface area contributed by atoms with E-state index in [0.717, 1.165) is 66.5 Å². The normalized spacial score (nSPS) is 18.9. The molecule has 1 aliphatic rings. The van der Waals surface area contributed by atoms with Crippen LogP contribution in [-0.4, -0.2) is 46.3 Å². The molecule has 1 fully saturated rings. The summed E-state index contributed by atoms with van der Waals surface area (Å²) in [6.45, 7) is 7.28. The van der Waals surface area contributed by atoms with Gasteiger partial charge in [-0.15, -0.1) is 0 Å². The zero-order valence-electron chi connectivity index (χ0n) is 20.1. The second kappa shape index (κ2) is 12.1. The van der Waals surface area contributed by atoms with E-state index in [1.54, 1.807) is 0 Å². The Bertz CT molecular complexity index is 884. The maximum atomic E-state index is 11.8. The molecule has 1 heterocycles. The van der Waals surface area contributed by atoms with Crippen LogP contribution < -0.4 is 0 Å². The zero-order valence-corrected chi connectivity index (χ0v) is 21.6. The molecule has 7 heteroatoms. The monoisotopic (exact) mass is 520 g/mol. The van der Waals surface area contributed by atoms with E-state index in [1.165, 1.54) is 0 Å². The van der Waals surface area contributed by atoms with Crippen molar-refractivity contribution in [2.75, 3.05) is 19.8 Å². The molecule has 0 atom stereocenters. The first-order valence-electron chi connectivity index (χ1n) is 12.0. The van der Waals surface area contributed by atoms with E-state index >= 15 is 0 Å². The minimum atomic E-state index is -0.476. The van der Waals surface area contributed by atoms with Gasteiger partial charge < -0.3 is 14.6 Å². The third-order valence-corrected chi connectivity index (χ3v) is 6.84. The first kappa shape index (κ1) is 25.9. The molecule has 0 aliphatic heterocycles. The van der Waals surface area contributed by atoms with Gasteiger partial charge in [-0.1, -0.05) is 30.3 Å². The number of hydrogen-bond donors (Lipinski definition) is 1. The molecule has 0 bridgehead atoms. The predicted molar refractivity (Wildman–Crippen MR) is 133 cm³/mol. The Morgan fingerprint density at radius 1 is 1.15 bits per heavy atom. The smallest absolute Gasteiger partial charge is 0.332 e. The lowest BCUT2D eigenvalue weighted by molar-refractivity contribution is -0.160. The van der Waals surface area contributed by atoms with Gasteiger partial charge in [0, 0.05) is 18.7 Å². The number of nitrogens with zero attached hydrogens (tertiary/aromatic N) is 2. The summed E-state index contributed by atoms with van der Waals surface area (Å²) in [6, 6.07) is 10.2. The van der Waals surface area contributed by atoms with Crippen molar-refractivity contribution in [2.24, 2.45) is 11.8 Å². The third kappa shape index (κ3) is 7.94. The van der Waals surface area contributed by atoms with Gasteiger partial charge in [0.2, 0.25) is 0 Å². The first-order valence-corrected chi connectivity index (χ1v) is 12.8. The molecule has 0 saturated heterocycles. The number of aromatic nitrogens is 2. The van der Waals surface area contributed by atoms with Gasteiger partial charge in [0.1, 0.15) is 17.9 Å². The van der Waals surface area contributed by atoms with Crippen molar-refractivity contribution in [2.45, 2.75) is 71.4 Å². The zero-order chi connectivity index (χ0) is 23.8. The molecule has 0 unspecified atom stereocenters. The fourth-order valence-corrected chi connectivity index (χ4v) is 5.11. The van der Waals surface area contributed by atoms with Crippen molar-refractivity contribution >= 4 is 21.9 Å². The van der Waals surface area contributed by atoms with Crippen molar-refractivity contribution in [3.8, 4) is 11.3 Å². The average molecular weight is 521 g/mol. The summed E-state index contributed by atoms with van der Waals surface area (Å²) in [5.74, 6) is 0.752.